The molecular formula is C16H21N3O3. The fourth-order valence-corrected chi connectivity index (χ4v) is 1.84. The van der Waals surface area contributed by atoms with Crippen molar-refractivity contribution in [3.63, 3.8) is 0 Å². The molecule has 0 unspecified atom stereocenters. The summed E-state index contributed by atoms with van der Waals surface area (Å²) in [6.07, 6.45) is 1.10. The summed E-state index contributed by atoms with van der Waals surface area (Å²) < 4.78 is 5.14. The summed E-state index contributed by atoms with van der Waals surface area (Å²) in [5.74, 6) is -0.482. The molecule has 6 nitrogen and oxygen atoms in total. The normalized spacial score (nSPS) is 12.0. The van der Waals surface area contributed by atoms with Gasteiger partial charge in [0.15, 0.2) is 0 Å². The number of alkyl carbamates (subject to hydrolysis) is 1. The van der Waals surface area contributed by atoms with Gasteiger partial charge in [-0.1, -0.05) is 30.3 Å². The Hall–Kier alpha value is -2.46. The number of ether oxygens (including phenoxy) is 1. The van der Waals surface area contributed by atoms with E-state index in [9.17, 15) is 9.59 Å². The summed E-state index contributed by atoms with van der Waals surface area (Å²) in [7, 11) is 0. The Balaban J connectivity index is 2.70. The minimum absolute atomic E-state index is 0.383. The fourth-order valence-electron chi connectivity index (χ4n) is 1.84. The highest BCUT2D eigenvalue weighted by atomic mass is 16.6. The maximum atomic E-state index is 11.9. The summed E-state index contributed by atoms with van der Waals surface area (Å²) >= 11 is 0. The first kappa shape index (κ1) is 17.6. The smallest absolute Gasteiger partial charge is 0.408 e. The second-order valence-corrected chi connectivity index (χ2v) is 5.87. The monoisotopic (exact) mass is 303 g/mol. The van der Waals surface area contributed by atoms with E-state index in [2.05, 4.69) is 10.1 Å². The number of ketones is 1. The number of amides is 1. The molecule has 0 saturated heterocycles. The van der Waals surface area contributed by atoms with Crippen LogP contribution in [0.4, 0.5) is 4.79 Å². The quantitative estimate of drug-likeness (QED) is 0.497. The van der Waals surface area contributed by atoms with Crippen LogP contribution in [0.5, 0.6) is 0 Å². The molecule has 0 aromatic heterocycles. The molecule has 1 rings (SSSR count). The highest BCUT2D eigenvalue weighted by Gasteiger charge is 2.25. The average molecular weight is 303 g/mol. The second-order valence-electron chi connectivity index (χ2n) is 5.87. The van der Waals surface area contributed by atoms with E-state index in [0.717, 1.165) is 11.8 Å². The lowest BCUT2D eigenvalue weighted by Crippen LogP contribution is -2.44. The molecule has 1 aromatic rings. The number of rotatable bonds is 6. The highest BCUT2D eigenvalue weighted by molar-refractivity contribution is 6.28. The van der Waals surface area contributed by atoms with Gasteiger partial charge >= 0.3 is 12.3 Å². The third-order valence-corrected chi connectivity index (χ3v) is 2.78. The molecule has 1 aromatic carbocycles. The molecule has 0 heterocycles. The van der Waals surface area contributed by atoms with E-state index in [1.807, 2.05) is 30.3 Å². The van der Waals surface area contributed by atoms with E-state index >= 15 is 0 Å². The molecule has 0 aliphatic rings. The minimum atomic E-state index is -0.800. The number of carbonyl (C=O) groups is 2. The molecule has 0 aliphatic carbocycles. The van der Waals surface area contributed by atoms with Crippen molar-refractivity contribution in [2.75, 3.05) is 0 Å². The van der Waals surface area contributed by atoms with Gasteiger partial charge in [0.05, 0.1) is 0 Å². The van der Waals surface area contributed by atoms with Gasteiger partial charge in [-0.3, -0.25) is 4.79 Å². The Morgan fingerprint density at radius 2 is 1.95 bits per heavy atom. The third-order valence-electron chi connectivity index (χ3n) is 2.78. The molecule has 1 atom stereocenters. The maximum Gasteiger partial charge on any atom is 0.408 e. The lowest BCUT2D eigenvalue weighted by molar-refractivity contribution is -0.118. The van der Waals surface area contributed by atoms with Crippen LogP contribution in [0.2, 0.25) is 0 Å². The van der Waals surface area contributed by atoms with Crippen molar-refractivity contribution in [2.45, 2.75) is 45.3 Å². The molecule has 0 spiro atoms. The molecule has 22 heavy (non-hydrogen) atoms. The Kier molecular flexibility index (Phi) is 6.47. The third kappa shape index (κ3) is 6.81. The summed E-state index contributed by atoms with van der Waals surface area (Å²) in [5, 5.41) is 2.52. The zero-order valence-electron chi connectivity index (χ0n) is 13.1. The lowest BCUT2D eigenvalue weighted by atomic mass is 10.0. The molecule has 0 saturated carbocycles. The van der Waals surface area contributed by atoms with E-state index < -0.39 is 23.5 Å². The number of Topliss-reactive ketones (excluding diaryl/α,β-unsaturated/α-hetero) is 1. The molecule has 1 amide bonds. The zero-order chi connectivity index (χ0) is 16.6. The molecule has 0 bridgehead atoms. The van der Waals surface area contributed by atoms with Crippen LogP contribution in [0.15, 0.2) is 30.3 Å². The lowest BCUT2D eigenvalue weighted by Gasteiger charge is -2.22. The van der Waals surface area contributed by atoms with Crippen LogP contribution in [-0.2, 0) is 16.0 Å². The first-order valence-electron chi connectivity index (χ1n) is 7.06. The number of hydrogen-bond donors (Lipinski definition) is 1. The Labute approximate surface area is 130 Å². The Morgan fingerprint density at radius 1 is 1.32 bits per heavy atom. The van der Waals surface area contributed by atoms with Gasteiger partial charge in [0.1, 0.15) is 11.6 Å². The first-order valence-corrected chi connectivity index (χ1v) is 7.06. The van der Waals surface area contributed by atoms with Crippen molar-refractivity contribution < 1.29 is 19.1 Å². The van der Waals surface area contributed by atoms with E-state index in [0.29, 0.717) is 12.8 Å². The molecule has 6 heteroatoms. The topological polar surface area (TPSA) is 91.8 Å². The number of nitrogens with zero attached hydrogens (tertiary/aromatic N) is 2. The number of aryl methyl sites for hydroxylation is 1. The van der Waals surface area contributed by atoms with Gasteiger partial charge in [0.2, 0.25) is 0 Å². The van der Waals surface area contributed by atoms with E-state index in [4.69, 9.17) is 10.3 Å². The van der Waals surface area contributed by atoms with Crippen molar-refractivity contribution in [1.82, 2.24) is 5.32 Å². The summed E-state index contributed by atoms with van der Waals surface area (Å²) in [6.45, 7) is 5.22. The maximum absolute atomic E-state index is 11.9. The molecule has 118 valence electrons. The Bertz CT molecular complexity index is 558. The van der Waals surface area contributed by atoms with Crippen LogP contribution in [0, 0.1) is 0 Å². The van der Waals surface area contributed by atoms with Crippen molar-refractivity contribution in [2.24, 2.45) is 0 Å². The Morgan fingerprint density at radius 3 is 2.50 bits per heavy atom. The van der Waals surface area contributed by atoms with Crippen molar-refractivity contribution >= 4 is 18.1 Å². The van der Waals surface area contributed by atoms with Gasteiger partial charge in [-0.2, -0.15) is 4.79 Å². The number of benzene rings is 1. The zero-order valence-corrected chi connectivity index (χ0v) is 13.1. The molecule has 0 radical (unpaired) electrons. The average Bonchev–Trinajstić information content (AvgIpc) is 2.42. The van der Waals surface area contributed by atoms with E-state index in [1.54, 1.807) is 20.8 Å². The molecular weight excluding hydrogens is 282 g/mol. The SMILES string of the molecule is CC(C)(C)OC(=O)N[C@@H](CCc1ccccc1)C(=O)C=[N+]=[N-]. The molecule has 0 aliphatic heterocycles. The second kappa shape index (κ2) is 8.10. The van der Waals surface area contributed by atoms with Crippen LogP contribution in [0.1, 0.15) is 32.8 Å². The van der Waals surface area contributed by atoms with Crippen LogP contribution in [0.3, 0.4) is 0 Å². The number of carbonyl (C=O) groups excluding carboxylic acids is 2. The van der Waals surface area contributed by atoms with E-state index in [-0.39, 0.29) is 0 Å². The van der Waals surface area contributed by atoms with Gasteiger partial charge in [0.25, 0.3) is 5.78 Å². The van der Waals surface area contributed by atoms with Crippen molar-refractivity contribution in [3.8, 4) is 0 Å². The van der Waals surface area contributed by atoms with Crippen molar-refractivity contribution in [1.29, 1.82) is 0 Å². The minimum Gasteiger partial charge on any atom is -0.444 e. The summed E-state index contributed by atoms with van der Waals surface area (Å²) in [5.41, 5.74) is 8.89. The van der Waals surface area contributed by atoms with Crippen LogP contribution >= 0.6 is 0 Å². The standard InChI is InChI=1S/C16H21N3O3/c1-16(2,3)22-15(21)19-13(14(20)11-18-17)10-9-12-7-5-4-6-8-12/h4-8,11,13H,9-10H2,1-3H3,(H,19,21)/t13-/m0/s1. The van der Waals surface area contributed by atoms with Gasteiger partial charge in [-0.25, -0.2) is 4.79 Å². The van der Waals surface area contributed by atoms with Gasteiger partial charge in [-0.15, -0.1) is 0 Å². The predicted octanol–water partition coefficient (Wildman–Crippen LogP) is 2.38. The molecule has 0 fully saturated rings. The van der Waals surface area contributed by atoms with Crippen LogP contribution in [-0.4, -0.2) is 34.5 Å². The van der Waals surface area contributed by atoms with Gasteiger partial charge in [0, 0.05) is 0 Å². The first-order chi connectivity index (χ1) is 10.3. The predicted molar refractivity (Wildman–Crippen MR) is 82.6 cm³/mol. The summed E-state index contributed by atoms with van der Waals surface area (Å²) in [4.78, 5) is 26.4. The van der Waals surface area contributed by atoms with E-state index in [1.165, 1.54) is 0 Å². The van der Waals surface area contributed by atoms with Crippen LogP contribution < -0.4 is 5.32 Å². The fraction of sp³-hybridized carbons (Fsp3) is 0.438. The van der Waals surface area contributed by atoms with Gasteiger partial charge < -0.3 is 15.6 Å². The largest absolute Gasteiger partial charge is 0.444 e. The van der Waals surface area contributed by atoms with Crippen LogP contribution in [0.25, 0.3) is 5.53 Å². The number of hydrogen-bond acceptors (Lipinski definition) is 3. The molecule has 1 N–H and O–H groups in total. The van der Waals surface area contributed by atoms with Gasteiger partial charge in [-0.05, 0) is 39.2 Å². The number of nitrogens with one attached hydrogen (secondary N) is 1. The highest BCUT2D eigenvalue weighted by Crippen LogP contribution is 2.09. The summed E-state index contributed by atoms with van der Waals surface area (Å²) in [6, 6.07) is 8.80. The van der Waals surface area contributed by atoms with Crippen molar-refractivity contribution in [3.05, 3.63) is 41.4 Å².